The summed E-state index contributed by atoms with van der Waals surface area (Å²) in [7, 11) is 0. The fourth-order valence-electron chi connectivity index (χ4n) is 2.80. The molecule has 0 saturated heterocycles. The van der Waals surface area contributed by atoms with Crippen LogP contribution in [0.3, 0.4) is 0 Å². The summed E-state index contributed by atoms with van der Waals surface area (Å²) in [5.74, 6) is 0.495. The van der Waals surface area contributed by atoms with Crippen molar-refractivity contribution in [1.29, 1.82) is 0 Å². The molecule has 5 nitrogen and oxygen atoms in total. The quantitative estimate of drug-likeness (QED) is 0.601. The van der Waals surface area contributed by atoms with Gasteiger partial charge in [-0.25, -0.2) is 4.98 Å². The van der Waals surface area contributed by atoms with Gasteiger partial charge >= 0.3 is 0 Å². The molecule has 0 aliphatic carbocycles. The fourth-order valence-corrected chi connectivity index (χ4v) is 3.34. The van der Waals surface area contributed by atoms with Gasteiger partial charge in [0.25, 0.3) is 5.56 Å². The third kappa shape index (κ3) is 3.43. The maximum atomic E-state index is 12.4. The summed E-state index contributed by atoms with van der Waals surface area (Å²) in [6.07, 6.45) is 3.54. The van der Waals surface area contributed by atoms with Crippen LogP contribution in [0.2, 0.25) is 0 Å². The Hall–Kier alpha value is -1.96. The van der Waals surface area contributed by atoms with Crippen LogP contribution in [0.5, 0.6) is 0 Å². The number of rotatable bonds is 5. The van der Waals surface area contributed by atoms with E-state index in [1.54, 1.807) is 22.9 Å². The van der Waals surface area contributed by atoms with Crippen LogP contribution in [0.25, 0.3) is 11.0 Å². The predicted octanol–water partition coefficient (Wildman–Crippen LogP) is 4.50. The van der Waals surface area contributed by atoms with Gasteiger partial charge in [0.2, 0.25) is 5.95 Å². The Morgan fingerprint density at radius 2 is 2.00 bits per heavy atom. The second-order valence-electron chi connectivity index (χ2n) is 5.62. The highest BCUT2D eigenvalue weighted by molar-refractivity contribution is 14.1. The summed E-state index contributed by atoms with van der Waals surface area (Å²) in [6, 6.07) is 11.5. The Labute approximate surface area is 154 Å². The minimum absolute atomic E-state index is 0.0184. The average Bonchev–Trinajstić information content (AvgIpc) is 2.58. The summed E-state index contributed by atoms with van der Waals surface area (Å²) in [5.41, 5.74) is 1.59. The molecule has 0 bridgehead atoms. The SMILES string of the molecule is CCC(CC)n1c(=O)ccc2cnc(Nc3cccc(I)c3)nc21. The molecule has 0 atom stereocenters. The molecule has 2 heterocycles. The zero-order valence-electron chi connectivity index (χ0n) is 13.7. The Morgan fingerprint density at radius 1 is 1.21 bits per heavy atom. The first-order valence-electron chi connectivity index (χ1n) is 8.03. The molecule has 0 fully saturated rings. The van der Waals surface area contributed by atoms with Crippen molar-refractivity contribution in [1.82, 2.24) is 14.5 Å². The highest BCUT2D eigenvalue weighted by Crippen LogP contribution is 2.21. The van der Waals surface area contributed by atoms with Crippen molar-refractivity contribution in [2.24, 2.45) is 0 Å². The lowest BCUT2D eigenvalue weighted by Crippen LogP contribution is -2.24. The third-order valence-corrected chi connectivity index (χ3v) is 4.73. The second-order valence-corrected chi connectivity index (χ2v) is 6.87. The smallest absolute Gasteiger partial charge is 0.252 e. The van der Waals surface area contributed by atoms with E-state index in [1.807, 2.05) is 24.3 Å². The molecule has 124 valence electrons. The van der Waals surface area contributed by atoms with Crippen molar-refractivity contribution in [2.45, 2.75) is 32.7 Å². The van der Waals surface area contributed by atoms with Crippen molar-refractivity contribution in [2.75, 3.05) is 5.32 Å². The lowest BCUT2D eigenvalue weighted by atomic mass is 10.1. The van der Waals surface area contributed by atoms with Crippen molar-refractivity contribution in [3.05, 3.63) is 56.5 Å². The van der Waals surface area contributed by atoms with E-state index in [4.69, 9.17) is 0 Å². The summed E-state index contributed by atoms with van der Waals surface area (Å²) >= 11 is 2.26. The van der Waals surface area contributed by atoms with Gasteiger partial charge in [-0.2, -0.15) is 4.98 Å². The van der Waals surface area contributed by atoms with Crippen LogP contribution < -0.4 is 10.9 Å². The monoisotopic (exact) mass is 434 g/mol. The molecule has 1 N–H and O–H groups in total. The van der Waals surface area contributed by atoms with E-state index in [0.29, 0.717) is 11.6 Å². The van der Waals surface area contributed by atoms with Crippen LogP contribution in [-0.4, -0.2) is 14.5 Å². The van der Waals surface area contributed by atoms with Crippen LogP contribution in [0, 0.1) is 3.57 Å². The molecular formula is C18H19IN4O. The van der Waals surface area contributed by atoms with Crippen LogP contribution in [0.15, 0.2) is 47.4 Å². The first kappa shape index (κ1) is 16.9. The van der Waals surface area contributed by atoms with Gasteiger partial charge in [0.1, 0.15) is 5.65 Å². The van der Waals surface area contributed by atoms with E-state index in [-0.39, 0.29) is 11.6 Å². The molecule has 0 spiro atoms. The second kappa shape index (κ2) is 7.29. The van der Waals surface area contributed by atoms with Crippen molar-refractivity contribution in [3.8, 4) is 0 Å². The number of pyridine rings is 1. The van der Waals surface area contributed by atoms with E-state index in [9.17, 15) is 4.79 Å². The summed E-state index contributed by atoms with van der Waals surface area (Å²) in [4.78, 5) is 21.4. The van der Waals surface area contributed by atoms with Gasteiger partial charge in [0, 0.05) is 32.9 Å². The lowest BCUT2D eigenvalue weighted by Gasteiger charge is -2.18. The Bertz CT molecular complexity index is 918. The average molecular weight is 434 g/mol. The lowest BCUT2D eigenvalue weighted by molar-refractivity contribution is 0.470. The van der Waals surface area contributed by atoms with Gasteiger partial charge in [0.05, 0.1) is 0 Å². The number of anilines is 2. The number of nitrogens with zero attached hydrogens (tertiary/aromatic N) is 3. The Balaban J connectivity index is 2.09. The summed E-state index contributed by atoms with van der Waals surface area (Å²) in [5, 5.41) is 4.09. The molecular weight excluding hydrogens is 415 g/mol. The number of nitrogens with one attached hydrogen (secondary N) is 1. The summed E-state index contributed by atoms with van der Waals surface area (Å²) < 4.78 is 2.92. The standard InChI is InChI=1S/C18H19IN4O/c1-3-15(4-2)23-16(24)9-8-12-11-20-18(22-17(12)23)21-14-7-5-6-13(19)10-14/h5-11,15H,3-4H2,1-2H3,(H,20,21,22). The molecule has 0 aliphatic rings. The fraction of sp³-hybridized carbons (Fsp3) is 0.278. The number of fused-ring (bicyclic) bond motifs is 1. The molecule has 24 heavy (non-hydrogen) atoms. The molecule has 1 aromatic carbocycles. The number of benzene rings is 1. The number of aromatic nitrogens is 3. The molecule has 2 aromatic heterocycles. The van der Waals surface area contributed by atoms with Gasteiger partial charge in [0.15, 0.2) is 0 Å². The van der Waals surface area contributed by atoms with Crippen molar-refractivity contribution in [3.63, 3.8) is 0 Å². The number of halogens is 1. The van der Waals surface area contributed by atoms with Crippen molar-refractivity contribution < 1.29 is 0 Å². The van der Waals surface area contributed by atoms with E-state index >= 15 is 0 Å². The molecule has 0 unspecified atom stereocenters. The zero-order valence-corrected chi connectivity index (χ0v) is 15.8. The van der Waals surface area contributed by atoms with Gasteiger partial charge in [-0.05, 0) is 59.7 Å². The first-order valence-corrected chi connectivity index (χ1v) is 9.11. The van der Waals surface area contributed by atoms with Gasteiger partial charge < -0.3 is 5.32 Å². The minimum atomic E-state index is -0.0184. The maximum Gasteiger partial charge on any atom is 0.252 e. The highest BCUT2D eigenvalue weighted by Gasteiger charge is 2.13. The summed E-state index contributed by atoms with van der Waals surface area (Å²) in [6.45, 7) is 4.18. The first-order chi connectivity index (χ1) is 11.6. The zero-order chi connectivity index (χ0) is 17.1. The van der Waals surface area contributed by atoms with E-state index in [1.165, 1.54) is 0 Å². The van der Waals surface area contributed by atoms with Gasteiger partial charge in [-0.3, -0.25) is 9.36 Å². The normalized spacial score (nSPS) is 11.2. The Kier molecular flexibility index (Phi) is 5.13. The molecule has 6 heteroatoms. The van der Waals surface area contributed by atoms with Gasteiger partial charge in [-0.1, -0.05) is 19.9 Å². The number of hydrogen-bond acceptors (Lipinski definition) is 4. The highest BCUT2D eigenvalue weighted by atomic mass is 127. The molecule has 0 saturated carbocycles. The molecule has 0 aliphatic heterocycles. The van der Waals surface area contributed by atoms with Crippen LogP contribution in [0.1, 0.15) is 32.7 Å². The van der Waals surface area contributed by atoms with Crippen molar-refractivity contribution >= 4 is 45.3 Å². The molecule has 3 rings (SSSR count). The molecule has 3 aromatic rings. The van der Waals surface area contributed by atoms with Crippen LogP contribution >= 0.6 is 22.6 Å². The minimum Gasteiger partial charge on any atom is -0.324 e. The third-order valence-electron chi connectivity index (χ3n) is 4.06. The maximum absolute atomic E-state index is 12.4. The molecule has 0 radical (unpaired) electrons. The molecule has 0 amide bonds. The van der Waals surface area contributed by atoms with E-state index in [0.717, 1.165) is 27.5 Å². The van der Waals surface area contributed by atoms with Gasteiger partial charge in [-0.15, -0.1) is 0 Å². The van der Waals surface area contributed by atoms with E-state index in [2.05, 4.69) is 51.7 Å². The van der Waals surface area contributed by atoms with Crippen LogP contribution in [-0.2, 0) is 0 Å². The van der Waals surface area contributed by atoms with E-state index < -0.39 is 0 Å². The Morgan fingerprint density at radius 3 is 2.71 bits per heavy atom. The van der Waals surface area contributed by atoms with Crippen LogP contribution in [0.4, 0.5) is 11.6 Å². The number of hydrogen-bond donors (Lipinski definition) is 1. The largest absolute Gasteiger partial charge is 0.324 e. The predicted molar refractivity (Wildman–Crippen MR) is 106 cm³/mol. The topological polar surface area (TPSA) is 59.8 Å².